The minimum Gasteiger partial charge on any atom is -0.406 e. The molecule has 2 nitrogen and oxygen atoms in total. The number of halogens is 3. The molecule has 0 aliphatic heterocycles. The molecule has 5 heteroatoms. The van der Waals surface area contributed by atoms with Crippen LogP contribution in [0.5, 0.6) is 5.75 Å². The molecule has 0 unspecified atom stereocenters. The maximum Gasteiger partial charge on any atom is 0.573 e. The summed E-state index contributed by atoms with van der Waals surface area (Å²) < 4.78 is 39.8. The summed E-state index contributed by atoms with van der Waals surface area (Å²) in [6.45, 7) is 0. The molecule has 0 bridgehead atoms. The van der Waals surface area contributed by atoms with Gasteiger partial charge in [-0.2, -0.15) is 0 Å². The maximum absolute atomic E-state index is 12.0. The van der Waals surface area contributed by atoms with Gasteiger partial charge in [0.2, 0.25) is 0 Å². The Morgan fingerprint density at radius 1 is 1.25 bits per heavy atom. The Kier molecular flexibility index (Phi) is 2.53. The molecule has 16 heavy (non-hydrogen) atoms. The fourth-order valence-electron chi connectivity index (χ4n) is 1.31. The van der Waals surface area contributed by atoms with Crippen molar-refractivity contribution in [3.05, 3.63) is 29.3 Å². The first-order valence-corrected chi connectivity index (χ1v) is 4.79. The molecule has 1 aliphatic rings. The van der Waals surface area contributed by atoms with Gasteiger partial charge in [-0.25, -0.2) is 0 Å². The van der Waals surface area contributed by atoms with Gasteiger partial charge in [-0.1, -0.05) is 11.6 Å². The number of nitrogen functional groups attached to an aromatic ring is 1. The smallest absolute Gasteiger partial charge is 0.406 e. The van der Waals surface area contributed by atoms with Gasteiger partial charge >= 0.3 is 6.36 Å². The van der Waals surface area contributed by atoms with Crippen LogP contribution in [0.15, 0.2) is 23.8 Å². The van der Waals surface area contributed by atoms with Crippen LogP contribution in [0.3, 0.4) is 0 Å². The summed E-state index contributed by atoms with van der Waals surface area (Å²) in [5, 5.41) is 0. The minimum absolute atomic E-state index is 0.241. The van der Waals surface area contributed by atoms with Crippen molar-refractivity contribution in [1.29, 1.82) is 0 Å². The predicted molar refractivity (Wildman–Crippen MR) is 54.7 cm³/mol. The molecule has 2 rings (SSSR count). The van der Waals surface area contributed by atoms with Crippen LogP contribution in [0.4, 0.5) is 18.9 Å². The predicted octanol–water partition coefficient (Wildman–Crippen LogP) is 3.34. The Balaban J connectivity index is 2.24. The van der Waals surface area contributed by atoms with Crippen LogP contribution in [-0.4, -0.2) is 6.36 Å². The van der Waals surface area contributed by atoms with Crippen LogP contribution in [0.25, 0.3) is 6.08 Å². The first kappa shape index (κ1) is 10.9. The summed E-state index contributed by atoms with van der Waals surface area (Å²) >= 11 is 0. The zero-order valence-corrected chi connectivity index (χ0v) is 8.34. The van der Waals surface area contributed by atoms with Crippen molar-refractivity contribution in [2.45, 2.75) is 19.2 Å². The highest BCUT2D eigenvalue weighted by atomic mass is 19.4. The first-order chi connectivity index (χ1) is 7.44. The van der Waals surface area contributed by atoms with E-state index in [9.17, 15) is 13.2 Å². The van der Waals surface area contributed by atoms with E-state index in [2.05, 4.69) is 4.74 Å². The van der Waals surface area contributed by atoms with Gasteiger partial charge in [-0.3, -0.25) is 0 Å². The Morgan fingerprint density at radius 2 is 1.94 bits per heavy atom. The summed E-state index contributed by atoms with van der Waals surface area (Å²) in [5.41, 5.74) is 7.87. The number of anilines is 1. The van der Waals surface area contributed by atoms with Gasteiger partial charge in [-0.05, 0) is 31.0 Å². The van der Waals surface area contributed by atoms with Crippen LogP contribution in [0, 0.1) is 0 Å². The Hall–Kier alpha value is -1.65. The van der Waals surface area contributed by atoms with Crippen molar-refractivity contribution in [3.63, 3.8) is 0 Å². The molecule has 1 fully saturated rings. The average Bonchev–Trinajstić information content (AvgIpc) is 2.92. The van der Waals surface area contributed by atoms with E-state index < -0.39 is 6.36 Å². The second kappa shape index (κ2) is 3.73. The SMILES string of the molecule is Nc1ccc(OC(F)(F)F)cc1C=C1CC1. The van der Waals surface area contributed by atoms with Gasteiger partial charge in [0.05, 0.1) is 0 Å². The van der Waals surface area contributed by atoms with E-state index in [0.29, 0.717) is 11.3 Å². The van der Waals surface area contributed by atoms with E-state index in [1.165, 1.54) is 23.8 Å². The van der Waals surface area contributed by atoms with E-state index in [0.717, 1.165) is 12.8 Å². The molecule has 0 atom stereocenters. The van der Waals surface area contributed by atoms with Crippen molar-refractivity contribution in [2.75, 3.05) is 5.73 Å². The lowest BCUT2D eigenvalue weighted by Gasteiger charge is -2.10. The molecule has 0 saturated heterocycles. The summed E-state index contributed by atoms with van der Waals surface area (Å²) in [4.78, 5) is 0. The molecule has 0 aromatic heterocycles. The number of nitrogens with two attached hydrogens (primary N) is 1. The second-order valence-electron chi connectivity index (χ2n) is 3.64. The van der Waals surface area contributed by atoms with E-state index in [1.807, 2.05) is 0 Å². The normalized spacial score (nSPS) is 14.8. The van der Waals surface area contributed by atoms with Gasteiger partial charge in [0.1, 0.15) is 5.75 Å². The standard InChI is InChI=1S/C11H10F3NO/c12-11(13,14)16-9-3-4-10(15)8(6-9)5-7-1-2-7/h3-6H,1-2,15H2. The average molecular weight is 229 g/mol. The van der Waals surface area contributed by atoms with Crippen molar-refractivity contribution in [1.82, 2.24) is 0 Å². The Labute approximate surface area is 90.5 Å². The van der Waals surface area contributed by atoms with Gasteiger partial charge in [0.15, 0.2) is 0 Å². The largest absolute Gasteiger partial charge is 0.573 e. The fraction of sp³-hybridized carbons (Fsp3) is 0.273. The number of rotatable bonds is 2. The highest BCUT2D eigenvalue weighted by molar-refractivity contribution is 5.69. The molecule has 1 aromatic carbocycles. The third-order valence-electron chi connectivity index (χ3n) is 2.19. The lowest BCUT2D eigenvalue weighted by atomic mass is 10.1. The summed E-state index contributed by atoms with van der Waals surface area (Å²) in [5.74, 6) is -0.241. The molecular weight excluding hydrogens is 219 g/mol. The molecule has 0 spiro atoms. The summed E-state index contributed by atoms with van der Waals surface area (Å²) in [6.07, 6.45) is -0.883. The zero-order chi connectivity index (χ0) is 11.8. The molecule has 1 aliphatic carbocycles. The molecule has 1 saturated carbocycles. The molecule has 0 amide bonds. The monoisotopic (exact) mass is 229 g/mol. The maximum atomic E-state index is 12.0. The number of benzene rings is 1. The van der Waals surface area contributed by atoms with Gasteiger partial charge in [-0.15, -0.1) is 13.2 Å². The zero-order valence-electron chi connectivity index (χ0n) is 8.34. The van der Waals surface area contributed by atoms with Gasteiger partial charge in [0, 0.05) is 11.3 Å². The van der Waals surface area contributed by atoms with Gasteiger partial charge in [0.25, 0.3) is 0 Å². The molecule has 86 valence electrons. The van der Waals surface area contributed by atoms with Crippen LogP contribution in [-0.2, 0) is 0 Å². The fourth-order valence-corrected chi connectivity index (χ4v) is 1.31. The van der Waals surface area contributed by atoms with Crippen molar-refractivity contribution >= 4 is 11.8 Å². The molecular formula is C11H10F3NO. The van der Waals surface area contributed by atoms with E-state index in [4.69, 9.17) is 5.73 Å². The molecule has 0 radical (unpaired) electrons. The number of alkyl halides is 3. The third kappa shape index (κ3) is 2.92. The van der Waals surface area contributed by atoms with E-state index in [-0.39, 0.29) is 5.75 Å². The minimum atomic E-state index is -4.67. The highest BCUT2D eigenvalue weighted by Gasteiger charge is 2.31. The van der Waals surface area contributed by atoms with Crippen LogP contribution >= 0.6 is 0 Å². The summed E-state index contributed by atoms with van der Waals surface area (Å²) in [6, 6.07) is 3.92. The van der Waals surface area contributed by atoms with Crippen LogP contribution in [0.1, 0.15) is 18.4 Å². The van der Waals surface area contributed by atoms with E-state index in [1.54, 1.807) is 6.08 Å². The third-order valence-corrected chi connectivity index (χ3v) is 2.19. The second-order valence-corrected chi connectivity index (χ2v) is 3.64. The Morgan fingerprint density at radius 3 is 2.50 bits per heavy atom. The Bertz CT molecular complexity index is 431. The van der Waals surface area contributed by atoms with E-state index >= 15 is 0 Å². The first-order valence-electron chi connectivity index (χ1n) is 4.79. The van der Waals surface area contributed by atoms with Crippen LogP contribution in [0.2, 0.25) is 0 Å². The molecule has 2 N–H and O–H groups in total. The number of ether oxygens (including phenoxy) is 1. The van der Waals surface area contributed by atoms with Crippen molar-refractivity contribution in [3.8, 4) is 5.75 Å². The quantitative estimate of drug-likeness (QED) is 0.789. The molecule has 0 heterocycles. The van der Waals surface area contributed by atoms with Gasteiger partial charge < -0.3 is 10.5 Å². The lowest BCUT2D eigenvalue weighted by Crippen LogP contribution is -2.17. The summed E-state index contributed by atoms with van der Waals surface area (Å²) in [7, 11) is 0. The number of hydrogen-bond donors (Lipinski definition) is 1. The topological polar surface area (TPSA) is 35.2 Å². The van der Waals surface area contributed by atoms with Crippen molar-refractivity contribution < 1.29 is 17.9 Å². The number of hydrogen-bond acceptors (Lipinski definition) is 2. The number of allylic oxidation sites excluding steroid dienone is 1. The van der Waals surface area contributed by atoms with Crippen molar-refractivity contribution in [2.24, 2.45) is 0 Å². The highest BCUT2D eigenvalue weighted by Crippen LogP contribution is 2.33. The van der Waals surface area contributed by atoms with Crippen LogP contribution < -0.4 is 10.5 Å². The lowest BCUT2D eigenvalue weighted by molar-refractivity contribution is -0.274. The molecule has 1 aromatic rings.